The second kappa shape index (κ2) is 4.79. The number of anilines is 1. The van der Waals surface area contributed by atoms with Gasteiger partial charge in [0, 0.05) is 17.8 Å². The Bertz CT molecular complexity index is 533. The van der Waals surface area contributed by atoms with Crippen LogP contribution in [0.1, 0.15) is 5.69 Å². The monoisotopic (exact) mass is 245 g/mol. The van der Waals surface area contributed by atoms with E-state index in [2.05, 4.69) is 10.3 Å². The van der Waals surface area contributed by atoms with Gasteiger partial charge in [0.2, 0.25) is 5.91 Å². The van der Waals surface area contributed by atoms with Gasteiger partial charge in [-0.3, -0.25) is 19.3 Å². The average molecular weight is 245 g/mol. The van der Waals surface area contributed by atoms with Crippen LogP contribution >= 0.6 is 0 Å². The van der Waals surface area contributed by atoms with Gasteiger partial charge < -0.3 is 5.32 Å². The van der Waals surface area contributed by atoms with Crippen molar-refractivity contribution in [2.45, 2.75) is 6.92 Å². The Hall–Kier alpha value is -2.50. The van der Waals surface area contributed by atoms with Crippen molar-refractivity contribution in [1.29, 1.82) is 0 Å². The van der Waals surface area contributed by atoms with E-state index in [0.29, 0.717) is 5.82 Å². The SMILES string of the molecule is Cc1cccc(NC(=O)CN2C(=O)C=CC2=O)n1. The van der Waals surface area contributed by atoms with Gasteiger partial charge in [-0.25, -0.2) is 4.98 Å². The highest BCUT2D eigenvalue weighted by Gasteiger charge is 2.25. The van der Waals surface area contributed by atoms with Crippen LogP contribution in [0, 0.1) is 6.92 Å². The van der Waals surface area contributed by atoms with Crippen molar-refractivity contribution >= 4 is 23.5 Å². The summed E-state index contributed by atoms with van der Waals surface area (Å²) < 4.78 is 0. The fourth-order valence-corrected chi connectivity index (χ4v) is 1.53. The molecule has 1 aromatic rings. The average Bonchev–Trinajstić information content (AvgIpc) is 2.61. The molecule has 0 fully saturated rings. The maximum atomic E-state index is 11.6. The standard InChI is InChI=1S/C12H11N3O3/c1-8-3-2-4-9(13-8)14-10(16)7-15-11(17)5-6-12(15)18/h2-6H,7H2,1H3,(H,13,14,16). The number of carbonyl (C=O) groups is 3. The van der Waals surface area contributed by atoms with Crippen LogP contribution < -0.4 is 5.32 Å². The summed E-state index contributed by atoms with van der Waals surface area (Å²) >= 11 is 0. The van der Waals surface area contributed by atoms with Gasteiger partial charge in [0.1, 0.15) is 12.4 Å². The van der Waals surface area contributed by atoms with Crippen molar-refractivity contribution < 1.29 is 14.4 Å². The number of pyridine rings is 1. The van der Waals surface area contributed by atoms with Crippen LogP contribution in [0.3, 0.4) is 0 Å². The molecule has 3 amide bonds. The largest absolute Gasteiger partial charge is 0.309 e. The van der Waals surface area contributed by atoms with Crippen LogP contribution in [0.5, 0.6) is 0 Å². The van der Waals surface area contributed by atoms with Crippen molar-refractivity contribution in [2.75, 3.05) is 11.9 Å². The van der Waals surface area contributed by atoms with Crippen LogP contribution in [-0.2, 0) is 14.4 Å². The van der Waals surface area contributed by atoms with Crippen LogP contribution in [0.2, 0.25) is 0 Å². The Morgan fingerprint density at radius 3 is 2.56 bits per heavy atom. The molecule has 1 N–H and O–H groups in total. The van der Waals surface area contributed by atoms with E-state index in [-0.39, 0.29) is 6.54 Å². The van der Waals surface area contributed by atoms with Crippen LogP contribution in [0.15, 0.2) is 30.4 Å². The smallest absolute Gasteiger partial charge is 0.254 e. The van der Waals surface area contributed by atoms with Crippen molar-refractivity contribution in [3.8, 4) is 0 Å². The van der Waals surface area contributed by atoms with Gasteiger partial charge in [0.25, 0.3) is 11.8 Å². The number of aromatic nitrogens is 1. The number of imide groups is 1. The lowest BCUT2D eigenvalue weighted by Crippen LogP contribution is -2.37. The molecule has 6 heteroatoms. The molecule has 0 saturated carbocycles. The summed E-state index contributed by atoms with van der Waals surface area (Å²) in [6, 6.07) is 5.19. The first-order valence-corrected chi connectivity index (χ1v) is 5.33. The molecule has 0 aromatic carbocycles. The summed E-state index contributed by atoms with van der Waals surface area (Å²) in [6.45, 7) is 1.49. The highest BCUT2D eigenvalue weighted by Crippen LogP contribution is 2.06. The first kappa shape index (κ1) is 12.0. The molecule has 0 atom stereocenters. The van der Waals surface area contributed by atoms with Crippen molar-refractivity contribution in [3.63, 3.8) is 0 Å². The van der Waals surface area contributed by atoms with Crippen LogP contribution in [-0.4, -0.2) is 34.2 Å². The van der Waals surface area contributed by atoms with E-state index in [9.17, 15) is 14.4 Å². The third-order valence-electron chi connectivity index (χ3n) is 2.36. The summed E-state index contributed by atoms with van der Waals surface area (Å²) in [7, 11) is 0. The van der Waals surface area contributed by atoms with E-state index in [1.54, 1.807) is 25.1 Å². The minimum absolute atomic E-state index is 0.305. The molecule has 0 unspecified atom stereocenters. The molecule has 0 spiro atoms. The van der Waals surface area contributed by atoms with Crippen LogP contribution in [0.4, 0.5) is 5.82 Å². The molecular formula is C12H11N3O3. The van der Waals surface area contributed by atoms with Crippen LogP contribution in [0.25, 0.3) is 0 Å². The number of carbonyl (C=O) groups excluding carboxylic acids is 3. The second-order valence-electron chi connectivity index (χ2n) is 3.81. The molecule has 1 aliphatic rings. The minimum atomic E-state index is -0.479. The van der Waals surface area contributed by atoms with Gasteiger partial charge in [0.15, 0.2) is 0 Å². The molecule has 0 bridgehead atoms. The van der Waals surface area contributed by atoms with Gasteiger partial charge >= 0.3 is 0 Å². The van der Waals surface area contributed by atoms with Crippen molar-refractivity contribution in [2.24, 2.45) is 0 Å². The normalized spacial score (nSPS) is 14.2. The molecule has 0 aliphatic carbocycles. The molecule has 2 heterocycles. The quantitative estimate of drug-likeness (QED) is 0.774. The number of aryl methyl sites for hydroxylation is 1. The number of rotatable bonds is 3. The fraction of sp³-hybridized carbons (Fsp3) is 0.167. The zero-order valence-corrected chi connectivity index (χ0v) is 9.71. The van der Waals surface area contributed by atoms with E-state index >= 15 is 0 Å². The maximum Gasteiger partial charge on any atom is 0.254 e. The Labute approximate surface area is 103 Å². The molecule has 0 saturated heterocycles. The molecular weight excluding hydrogens is 234 g/mol. The zero-order chi connectivity index (χ0) is 13.1. The molecule has 6 nitrogen and oxygen atoms in total. The Morgan fingerprint density at radius 1 is 1.28 bits per heavy atom. The number of hydrogen-bond donors (Lipinski definition) is 1. The Kier molecular flexibility index (Phi) is 3.18. The van der Waals surface area contributed by atoms with E-state index in [1.807, 2.05) is 0 Å². The first-order valence-electron chi connectivity index (χ1n) is 5.33. The molecule has 0 radical (unpaired) electrons. The highest BCUT2D eigenvalue weighted by atomic mass is 16.2. The van der Waals surface area contributed by atoms with Gasteiger partial charge in [0.05, 0.1) is 0 Å². The molecule has 92 valence electrons. The molecule has 1 aliphatic heterocycles. The van der Waals surface area contributed by atoms with Gasteiger partial charge in [-0.2, -0.15) is 0 Å². The highest BCUT2D eigenvalue weighted by molar-refractivity contribution is 6.15. The number of amides is 3. The third-order valence-corrected chi connectivity index (χ3v) is 2.36. The summed E-state index contributed by atoms with van der Waals surface area (Å²) in [5, 5.41) is 2.53. The van der Waals surface area contributed by atoms with Gasteiger partial charge in [-0.15, -0.1) is 0 Å². The predicted molar refractivity (Wildman–Crippen MR) is 63.5 cm³/mol. The van der Waals surface area contributed by atoms with Crippen molar-refractivity contribution in [3.05, 3.63) is 36.0 Å². The summed E-state index contributed by atoms with van der Waals surface area (Å²) in [6.07, 6.45) is 2.28. The van der Waals surface area contributed by atoms with E-state index in [4.69, 9.17) is 0 Å². The minimum Gasteiger partial charge on any atom is -0.309 e. The lowest BCUT2D eigenvalue weighted by atomic mass is 10.3. The summed E-state index contributed by atoms with van der Waals surface area (Å²) in [5.41, 5.74) is 0.766. The lowest BCUT2D eigenvalue weighted by molar-refractivity contribution is -0.139. The zero-order valence-electron chi connectivity index (χ0n) is 9.71. The second-order valence-corrected chi connectivity index (χ2v) is 3.81. The lowest BCUT2D eigenvalue weighted by Gasteiger charge is -2.13. The van der Waals surface area contributed by atoms with Crippen molar-refractivity contribution in [1.82, 2.24) is 9.88 Å². The van der Waals surface area contributed by atoms with E-state index < -0.39 is 17.7 Å². The first-order chi connectivity index (χ1) is 8.56. The van der Waals surface area contributed by atoms with E-state index in [1.165, 1.54) is 0 Å². The number of hydrogen-bond acceptors (Lipinski definition) is 4. The molecule has 18 heavy (non-hydrogen) atoms. The van der Waals surface area contributed by atoms with Gasteiger partial charge in [-0.1, -0.05) is 6.07 Å². The summed E-state index contributed by atoms with van der Waals surface area (Å²) in [5.74, 6) is -1.02. The third kappa shape index (κ3) is 2.60. The maximum absolute atomic E-state index is 11.6. The van der Waals surface area contributed by atoms with E-state index in [0.717, 1.165) is 22.7 Å². The topological polar surface area (TPSA) is 79.4 Å². The van der Waals surface area contributed by atoms with Gasteiger partial charge in [-0.05, 0) is 19.1 Å². The Balaban J connectivity index is 1.97. The fourth-order valence-electron chi connectivity index (χ4n) is 1.53. The predicted octanol–water partition coefficient (Wildman–Crippen LogP) is 0.254. The number of nitrogens with one attached hydrogen (secondary N) is 1. The summed E-state index contributed by atoms with van der Waals surface area (Å²) in [4.78, 5) is 39.1. The Morgan fingerprint density at radius 2 is 1.94 bits per heavy atom. The number of nitrogens with zero attached hydrogens (tertiary/aromatic N) is 2. The molecule has 1 aromatic heterocycles. The molecule has 2 rings (SSSR count).